The van der Waals surface area contributed by atoms with E-state index < -0.39 is 17.7 Å². The molecular formula is C27H33NO5. The van der Waals surface area contributed by atoms with Crippen LogP contribution in [0.1, 0.15) is 81.6 Å². The average molecular weight is 452 g/mol. The van der Waals surface area contributed by atoms with Crippen LogP contribution >= 0.6 is 0 Å². The summed E-state index contributed by atoms with van der Waals surface area (Å²) in [5.74, 6) is 0.498. The molecule has 33 heavy (non-hydrogen) atoms. The van der Waals surface area contributed by atoms with Crippen molar-refractivity contribution in [2.75, 3.05) is 7.11 Å². The van der Waals surface area contributed by atoms with Gasteiger partial charge in [0.25, 0.3) is 11.7 Å². The number of methoxy groups -OCH3 is 1. The topological polar surface area (TPSA) is 80.0 Å². The third kappa shape index (κ3) is 4.19. The molecular weight excluding hydrogens is 418 g/mol. The van der Waals surface area contributed by atoms with Gasteiger partial charge in [0.2, 0.25) is 0 Å². The summed E-state index contributed by atoms with van der Waals surface area (Å²) >= 11 is 0. The number of hydrogen-bond acceptors (Lipinski definition) is 5. The van der Waals surface area contributed by atoms with Gasteiger partial charge in [0.15, 0.2) is 0 Å². The summed E-state index contributed by atoms with van der Waals surface area (Å²) in [6.45, 7) is 8.00. The molecule has 1 aromatic heterocycles. The van der Waals surface area contributed by atoms with Gasteiger partial charge in [-0.1, -0.05) is 40.0 Å². The van der Waals surface area contributed by atoms with Crippen molar-refractivity contribution in [3.8, 4) is 5.75 Å². The number of furan rings is 1. The van der Waals surface area contributed by atoms with Crippen molar-refractivity contribution in [3.63, 3.8) is 0 Å². The number of aryl methyl sites for hydroxylation is 1. The van der Waals surface area contributed by atoms with E-state index >= 15 is 0 Å². The number of aliphatic hydroxyl groups is 1. The summed E-state index contributed by atoms with van der Waals surface area (Å²) in [6.07, 6.45) is 4.86. The number of carbonyl (C=O) groups is 2. The van der Waals surface area contributed by atoms with Gasteiger partial charge in [-0.05, 0) is 55.5 Å². The first-order valence-corrected chi connectivity index (χ1v) is 11.7. The van der Waals surface area contributed by atoms with Crippen LogP contribution in [0.25, 0.3) is 5.76 Å². The molecule has 1 atom stereocenters. The molecule has 4 rings (SSSR count). The number of likely N-dealkylation sites (tertiary alicyclic amines) is 1. The van der Waals surface area contributed by atoms with Gasteiger partial charge in [0.05, 0.1) is 12.7 Å². The Balaban J connectivity index is 1.88. The molecule has 1 aromatic carbocycles. The zero-order valence-corrected chi connectivity index (χ0v) is 20.1. The molecule has 1 saturated carbocycles. The normalized spacial score (nSPS) is 21.6. The quantitative estimate of drug-likeness (QED) is 0.369. The Hall–Kier alpha value is -3.02. The smallest absolute Gasteiger partial charge is 0.296 e. The van der Waals surface area contributed by atoms with E-state index in [1.54, 1.807) is 30.2 Å². The number of amides is 1. The molecule has 0 bridgehead atoms. The molecule has 1 aliphatic carbocycles. The van der Waals surface area contributed by atoms with Crippen LogP contribution in [0.4, 0.5) is 0 Å². The molecule has 6 heteroatoms. The van der Waals surface area contributed by atoms with Gasteiger partial charge < -0.3 is 19.2 Å². The first-order valence-electron chi connectivity index (χ1n) is 11.7. The molecule has 6 nitrogen and oxygen atoms in total. The maximum atomic E-state index is 13.3. The van der Waals surface area contributed by atoms with E-state index in [1.807, 2.05) is 19.1 Å². The lowest BCUT2D eigenvalue weighted by Gasteiger charge is -2.34. The highest BCUT2D eigenvalue weighted by Crippen LogP contribution is 2.44. The lowest BCUT2D eigenvalue weighted by Crippen LogP contribution is -2.40. The number of carbonyl (C=O) groups excluding carboxylic acids is 2. The lowest BCUT2D eigenvalue weighted by molar-refractivity contribution is -0.142. The lowest BCUT2D eigenvalue weighted by atomic mass is 9.84. The monoisotopic (exact) mass is 451 g/mol. The van der Waals surface area contributed by atoms with E-state index in [1.165, 1.54) is 0 Å². The van der Waals surface area contributed by atoms with Crippen molar-refractivity contribution in [1.82, 2.24) is 4.90 Å². The zero-order chi connectivity index (χ0) is 23.9. The summed E-state index contributed by atoms with van der Waals surface area (Å²) in [5.41, 5.74) is 1.23. The molecule has 1 saturated heterocycles. The number of rotatable bonds is 4. The summed E-state index contributed by atoms with van der Waals surface area (Å²) in [4.78, 5) is 28.2. The van der Waals surface area contributed by atoms with E-state index in [9.17, 15) is 14.7 Å². The number of ether oxygens (including phenoxy) is 1. The summed E-state index contributed by atoms with van der Waals surface area (Å²) < 4.78 is 11.4. The molecule has 1 unspecified atom stereocenters. The summed E-state index contributed by atoms with van der Waals surface area (Å²) in [6, 6.07) is 8.19. The molecule has 1 amide bonds. The Morgan fingerprint density at radius 1 is 1.09 bits per heavy atom. The molecule has 0 radical (unpaired) electrons. The summed E-state index contributed by atoms with van der Waals surface area (Å²) in [7, 11) is 1.61. The fourth-order valence-electron chi connectivity index (χ4n) is 5.06. The van der Waals surface area contributed by atoms with E-state index in [0.717, 1.165) is 37.7 Å². The Bertz CT molecular complexity index is 1100. The highest BCUT2D eigenvalue weighted by atomic mass is 16.5. The minimum absolute atomic E-state index is 0.0445. The molecule has 2 fully saturated rings. The van der Waals surface area contributed by atoms with E-state index in [-0.39, 0.29) is 22.8 Å². The third-order valence-corrected chi connectivity index (χ3v) is 6.76. The molecule has 2 aliphatic rings. The van der Waals surface area contributed by atoms with Crippen LogP contribution in [0.5, 0.6) is 5.75 Å². The number of benzene rings is 1. The van der Waals surface area contributed by atoms with Crippen molar-refractivity contribution in [3.05, 3.63) is 58.6 Å². The van der Waals surface area contributed by atoms with Gasteiger partial charge >= 0.3 is 0 Å². The van der Waals surface area contributed by atoms with Crippen molar-refractivity contribution in [2.24, 2.45) is 0 Å². The predicted molar refractivity (Wildman–Crippen MR) is 126 cm³/mol. The summed E-state index contributed by atoms with van der Waals surface area (Å²) in [5, 5.41) is 11.4. The van der Waals surface area contributed by atoms with Crippen LogP contribution in [-0.2, 0) is 15.0 Å². The molecule has 1 N–H and O–H groups in total. The van der Waals surface area contributed by atoms with E-state index in [0.29, 0.717) is 22.8 Å². The van der Waals surface area contributed by atoms with Crippen LogP contribution in [0.3, 0.4) is 0 Å². The van der Waals surface area contributed by atoms with Crippen molar-refractivity contribution >= 4 is 17.4 Å². The minimum Gasteiger partial charge on any atom is -0.507 e. The van der Waals surface area contributed by atoms with Crippen LogP contribution in [0, 0.1) is 6.92 Å². The number of Topliss-reactive ketones (excluding diaryl/α,β-unsaturated/α-hetero) is 1. The van der Waals surface area contributed by atoms with Crippen LogP contribution in [0.2, 0.25) is 0 Å². The molecule has 176 valence electrons. The van der Waals surface area contributed by atoms with Gasteiger partial charge in [0.1, 0.15) is 29.1 Å². The Morgan fingerprint density at radius 2 is 1.79 bits per heavy atom. The highest BCUT2D eigenvalue weighted by molar-refractivity contribution is 6.46. The second-order valence-corrected chi connectivity index (χ2v) is 10.1. The second kappa shape index (κ2) is 8.73. The average Bonchev–Trinajstić information content (AvgIpc) is 3.33. The molecule has 2 aromatic rings. The van der Waals surface area contributed by atoms with Gasteiger partial charge in [-0.15, -0.1) is 0 Å². The number of nitrogens with zero attached hydrogens (tertiary/aromatic N) is 1. The van der Waals surface area contributed by atoms with Crippen molar-refractivity contribution in [2.45, 2.75) is 77.3 Å². The first-order chi connectivity index (χ1) is 15.6. The zero-order valence-electron chi connectivity index (χ0n) is 20.1. The van der Waals surface area contributed by atoms with Crippen LogP contribution in [0.15, 0.2) is 40.3 Å². The Morgan fingerprint density at radius 3 is 2.36 bits per heavy atom. The predicted octanol–water partition coefficient (Wildman–Crippen LogP) is 5.65. The fourth-order valence-corrected chi connectivity index (χ4v) is 5.06. The minimum atomic E-state index is -0.734. The molecule has 1 aliphatic heterocycles. The second-order valence-electron chi connectivity index (χ2n) is 10.1. The van der Waals surface area contributed by atoms with E-state index in [2.05, 4.69) is 20.8 Å². The fraction of sp³-hybridized carbons (Fsp3) is 0.481. The van der Waals surface area contributed by atoms with Gasteiger partial charge in [-0.3, -0.25) is 9.59 Å². The Kier molecular flexibility index (Phi) is 6.12. The largest absolute Gasteiger partial charge is 0.507 e. The van der Waals surface area contributed by atoms with Gasteiger partial charge in [-0.25, -0.2) is 0 Å². The number of hydrogen-bond donors (Lipinski definition) is 1. The molecule has 2 heterocycles. The number of ketones is 1. The maximum Gasteiger partial charge on any atom is 0.296 e. The highest BCUT2D eigenvalue weighted by Gasteiger charge is 2.50. The van der Waals surface area contributed by atoms with E-state index in [4.69, 9.17) is 9.15 Å². The SMILES string of the molecule is COc1ccc(/C(O)=C2/C(=O)C(=O)N(C3CCCCC3)C2c2ccc(C)o2)cc1C(C)(C)C. The third-order valence-electron chi connectivity index (χ3n) is 6.76. The van der Waals surface area contributed by atoms with Crippen LogP contribution < -0.4 is 4.74 Å². The Labute approximate surface area is 195 Å². The number of aliphatic hydroxyl groups excluding tert-OH is 1. The van der Waals surface area contributed by atoms with Crippen molar-refractivity contribution in [1.29, 1.82) is 0 Å². The maximum absolute atomic E-state index is 13.3. The van der Waals surface area contributed by atoms with Gasteiger partial charge in [-0.2, -0.15) is 0 Å². The standard InChI is InChI=1S/C27H33NO5/c1-16-11-13-21(33-16)23-22(25(30)26(31)28(23)18-9-7-6-8-10-18)24(29)17-12-14-20(32-5)19(15-17)27(2,3)4/h11-15,18,23,29H,6-10H2,1-5H3/b24-22-. The van der Waals surface area contributed by atoms with Gasteiger partial charge in [0, 0.05) is 17.2 Å². The first kappa shape index (κ1) is 23.1. The van der Waals surface area contributed by atoms with Crippen LogP contribution in [-0.4, -0.2) is 34.8 Å². The van der Waals surface area contributed by atoms with Crippen molar-refractivity contribution < 1.29 is 23.8 Å². The molecule has 0 spiro atoms.